The molecule has 8 heteroatoms. The summed E-state index contributed by atoms with van der Waals surface area (Å²) in [6, 6.07) is 8.51. The van der Waals surface area contributed by atoms with Gasteiger partial charge in [0.15, 0.2) is 6.29 Å². The van der Waals surface area contributed by atoms with Gasteiger partial charge >= 0.3 is 0 Å². The maximum Gasteiger partial charge on any atom is 0.263 e. The highest BCUT2D eigenvalue weighted by atomic mass is 19.3. The Kier molecular flexibility index (Phi) is 6.64. The van der Waals surface area contributed by atoms with Gasteiger partial charge in [-0.2, -0.15) is 0 Å². The smallest absolute Gasteiger partial charge is 0.263 e. The van der Waals surface area contributed by atoms with Crippen LogP contribution in [0, 0.1) is 5.82 Å². The molecule has 2 aromatic carbocycles. The summed E-state index contributed by atoms with van der Waals surface area (Å²) in [7, 11) is 0. The lowest BCUT2D eigenvalue weighted by Gasteiger charge is -2.34. The van der Waals surface area contributed by atoms with Gasteiger partial charge in [-0.3, -0.25) is 0 Å². The summed E-state index contributed by atoms with van der Waals surface area (Å²) in [5, 5.41) is 3.21. The summed E-state index contributed by atoms with van der Waals surface area (Å²) in [4.78, 5) is 0. The van der Waals surface area contributed by atoms with Crippen LogP contribution in [-0.2, 0) is 9.47 Å². The number of rotatable bonds is 6. The Balaban J connectivity index is 1.82. The van der Waals surface area contributed by atoms with Crippen LogP contribution >= 0.6 is 0 Å². The molecule has 1 saturated heterocycles. The first-order valence-corrected chi connectivity index (χ1v) is 8.82. The van der Waals surface area contributed by atoms with E-state index in [4.69, 9.17) is 9.47 Å². The van der Waals surface area contributed by atoms with E-state index in [1.165, 1.54) is 12.1 Å². The zero-order valence-electron chi connectivity index (χ0n) is 15.0. The van der Waals surface area contributed by atoms with Crippen LogP contribution in [0.15, 0.2) is 42.5 Å². The van der Waals surface area contributed by atoms with Gasteiger partial charge in [-0.1, -0.05) is 12.1 Å². The number of benzene rings is 2. The minimum absolute atomic E-state index is 0.208. The first-order chi connectivity index (χ1) is 13.3. The lowest BCUT2D eigenvalue weighted by molar-refractivity contribution is -0.200. The molecule has 1 aliphatic heterocycles. The summed E-state index contributed by atoms with van der Waals surface area (Å²) < 4.78 is 77.0. The van der Waals surface area contributed by atoms with Gasteiger partial charge < -0.3 is 14.8 Å². The molecule has 0 bridgehead atoms. The average molecular weight is 401 g/mol. The van der Waals surface area contributed by atoms with Gasteiger partial charge in [0, 0.05) is 17.7 Å². The molecule has 2 aromatic rings. The van der Waals surface area contributed by atoms with Gasteiger partial charge in [-0.15, -0.1) is 0 Å². The van der Waals surface area contributed by atoms with E-state index in [0.717, 1.165) is 23.8 Å². The Labute approximate surface area is 159 Å². The van der Waals surface area contributed by atoms with Crippen molar-refractivity contribution in [1.29, 1.82) is 0 Å². The van der Waals surface area contributed by atoms with Gasteiger partial charge in [0.05, 0.1) is 18.8 Å². The van der Waals surface area contributed by atoms with E-state index in [-0.39, 0.29) is 11.4 Å². The van der Waals surface area contributed by atoms with Crippen LogP contribution in [0.1, 0.15) is 54.2 Å². The van der Waals surface area contributed by atoms with E-state index in [1.807, 2.05) is 0 Å². The Morgan fingerprint density at radius 1 is 0.964 bits per heavy atom. The van der Waals surface area contributed by atoms with Gasteiger partial charge in [0.25, 0.3) is 12.9 Å². The highest BCUT2D eigenvalue weighted by molar-refractivity contribution is 5.33. The molecule has 0 unspecified atom stereocenters. The Morgan fingerprint density at radius 2 is 1.54 bits per heavy atom. The van der Waals surface area contributed by atoms with Gasteiger partial charge in [0.1, 0.15) is 5.82 Å². The highest BCUT2D eigenvalue weighted by Gasteiger charge is 2.30. The lowest BCUT2D eigenvalue weighted by Crippen LogP contribution is -2.43. The van der Waals surface area contributed by atoms with Crippen molar-refractivity contribution in [1.82, 2.24) is 5.32 Å². The summed E-state index contributed by atoms with van der Waals surface area (Å²) in [6.45, 7) is 2.49. The van der Waals surface area contributed by atoms with Crippen molar-refractivity contribution in [2.75, 3.05) is 13.2 Å². The van der Waals surface area contributed by atoms with Gasteiger partial charge in [-0.05, 0) is 48.4 Å². The van der Waals surface area contributed by atoms with Crippen LogP contribution in [0.3, 0.4) is 0 Å². The van der Waals surface area contributed by atoms with Gasteiger partial charge in [-0.25, -0.2) is 22.0 Å². The molecule has 3 atom stereocenters. The fourth-order valence-corrected chi connectivity index (χ4v) is 3.11. The number of nitrogens with one attached hydrogen (secondary N) is 1. The van der Waals surface area contributed by atoms with Crippen LogP contribution in [0.2, 0.25) is 0 Å². The zero-order chi connectivity index (χ0) is 20.3. The van der Waals surface area contributed by atoms with Crippen molar-refractivity contribution in [2.45, 2.75) is 38.2 Å². The van der Waals surface area contributed by atoms with Crippen molar-refractivity contribution in [2.24, 2.45) is 0 Å². The normalized spacial score (nSPS) is 21.3. The molecule has 1 fully saturated rings. The molecule has 28 heavy (non-hydrogen) atoms. The standard InChI is InChI=1S/C20H20F5NO2/c1-11(13-8-14(18(22)23)10-15(9-13)19(24)25)28-20-17(26-6-7-27-20)12-2-4-16(21)5-3-12/h2-5,8-11,17-20,26H,6-7H2,1H3/t11-,17+,20-/m1/s1. The van der Waals surface area contributed by atoms with E-state index in [1.54, 1.807) is 19.1 Å². The fourth-order valence-electron chi connectivity index (χ4n) is 3.11. The number of hydrogen-bond acceptors (Lipinski definition) is 3. The molecular formula is C20H20F5NO2. The summed E-state index contributed by atoms with van der Waals surface area (Å²) in [5.41, 5.74) is -0.0323. The Hall–Kier alpha value is -2.03. The molecule has 0 aromatic heterocycles. The number of halogens is 5. The van der Waals surface area contributed by atoms with E-state index >= 15 is 0 Å². The molecule has 1 heterocycles. The molecule has 152 valence electrons. The number of morpholine rings is 1. The minimum Gasteiger partial charge on any atom is -0.349 e. The number of alkyl halides is 4. The van der Waals surface area contributed by atoms with Crippen molar-refractivity contribution >= 4 is 0 Å². The second kappa shape index (κ2) is 8.98. The van der Waals surface area contributed by atoms with Crippen LogP contribution in [-0.4, -0.2) is 19.4 Å². The highest BCUT2D eigenvalue weighted by Crippen LogP contribution is 2.33. The monoisotopic (exact) mass is 401 g/mol. The van der Waals surface area contributed by atoms with E-state index < -0.39 is 42.4 Å². The molecule has 0 aliphatic carbocycles. The van der Waals surface area contributed by atoms with Crippen molar-refractivity contribution in [3.63, 3.8) is 0 Å². The molecule has 0 radical (unpaired) electrons. The van der Waals surface area contributed by atoms with Gasteiger partial charge in [0.2, 0.25) is 0 Å². The molecule has 0 saturated carbocycles. The van der Waals surface area contributed by atoms with Crippen molar-refractivity contribution in [3.8, 4) is 0 Å². The predicted octanol–water partition coefficient (Wildman–Crippen LogP) is 5.47. The third-order valence-electron chi connectivity index (χ3n) is 4.56. The van der Waals surface area contributed by atoms with Crippen LogP contribution < -0.4 is 5.32 Å². The van der Waals surface area contributed by atoms with Crippen LogP contribution in [0.4, 0.5) is 22.0 Å². The first kappa shape index (κ1) is 20.7. The maximum atomic E-state index is 13.2. The molecular weight excluding hydrogens is 381 g/mol. The number of hydrogen-bond donors (Lipinski definition) is 1. The molecule has 3 rings (SSSR count). The second-order valence-electron chi connectivity index (χ2n) is 6.54. The van der Waals surface area contributed by atoms with E-state index in [0.29, 0.717) is 13.2 Å². The van der Waals surface area contributed by atoms with E-state index in [9.17, 15) is 22.0 Å². The second-order valence-corrected chi connectivity index (χ2v) is 6.54. The topological polar surface area (TPSA) is 30.5 Å². The Bertz CT molecular complexity index is 758. The zero-order valence-corrected chi connectivity index (χ0v) is 15.0. The summed E-state index contributed by atoms with van der Waals surface area (Å²) >= 11 is 0. The first-order valence-electron chi connectivity index (χ1n) is 8.82. The minimum atomic E-state index is -2.87. The summed E-state index contributed by atoms with van der Waals surface area (Å²) in [5.74, 6) is -0.380. The lowest BCUT2D eigenvalue weighted by atomic mass is 10.0. The fraction of sp³-hybridized carbons (Fsp3) is 0.400. The van der Waals surface area contributed by atoms with E-state index in [2.05, 4.69) is 5.32 Å². The van der Waals surface area contributed by atoms with Crippen LogP contribution in [0.25, 0.3) is 0 Å². The van der Waals surface area contributed by atoms with Crippen molar-refractivity contribution < 1.29 is 31.4 Å². The molecule has 0 amide bonds. The third kappa shape index (κ3) is 4.87. The molecule has 1 aliphatic rings. The SMILES string of the molecule is C[C@@H](O[C@H]1OCCN[C@H]1c1ccc(F)cc1)c1cc(C(F)F)cc(C(F)F)c1. The summed E-state index contributed by atoms with van der Waals surface area (Å²) in [6.07, 6.45) is -7.31. The molecule has 0 spiro atoms. The number of ether oxygens (including phenoxy) is 2. The third-order valence-corrected chi connectivity index (χ3v) is 4.56. The molecule has 3 nitrogen and oxygen atoms in total. The average Bonchev–Trinajstić information content (AvgIpc) is 2.68. The van der Waals surface area contributed by atoms with Crippen LogP contribution in [0.5, 0.6) is 0 Å². The Morgan fingerprint density at radius 3 is 2.11 bits per heavy atom. The maximum absolute atomic E-state index is 13.2. The predicted molar refractivity (Wildman–Crippen MR) is 92.7 cm³/mol. The molecule has 1 N–H and O–H groups in total. The largest absolute Gasteiger partial charge is 0.349 e. The quantitative estimate of drug-likeness (QED) is 0.652. The van der Waals surface area contributed by atoms with Crippen molar-refractivity contribution in [3.05, 3.63) is 70.5 Å².